The van der Waals surface area contributed by atoms with Gasteiger partial charge in [-0.05, 0) is 43.5 Å². The van der Waals surface area contributed by atoms with Crippen molar-refractivity contribution in [1.82, 2.24) is 10.1 Å². The number of methoxy groups -OCH3 is 1. The molecule has 0 spiro atoms. The van der Waals surface area contributed by atoms with Crippen LogP contribution in [0.5, 0.6) is 11.5 Å². The molecule has 0 bridgehead atoms. The predicted octanol–water partition coefficient (Wildman–Crippen LogP) is 4.93. The number of aromatic nitrogens is 1. The molecule has 1 saturated heterocycles. The zero-order chi connectivity index (χ0) is 18.5. The highest BCUT2D eigenvalue weighted by Gasteiger charge is 2.29. The summed E-state index contributed by atoms with van der Waals surface area (Å²) in [6.07, 6.45) is 3.29. The van der Waals surface area contributed by atoms with E-state index in [1.807, 2.05) is 6.07 Å². The Morgan fingerprint density at radius 2 is 2.12 bits per heavy atom. The van der Waals surface area contributed by atoms with Gasteiger partial charge in [0.15, 0.2) is 11.5 Å². The molecule has 0 N–H and O–H groups in total. The molecule has 0 amide bonds. The summed E-state index contributed by atoms with van der Waals surface area (Å²) in [4.78, 5) is 2.48. The summed E-state index contributed by atoms with van der Waals surface area (Å²) in [7, 11) is 1.69. The summed E-state index contributed by atoms with van der Waals surface area (Å²) in [5.74, 6) is 2.95. The standard InChI is InChI=1S/C21H30N2O3/c1-5-11-25-19-9-8-16(12-21(19)24-4)14-23-10-6-7-18(23)17-13-20(15(2)3)26-22-17/h8-9,12-13,15,18H,5-7,10-11,14H2,1-4H3/t18-/m1/s1. The van der Waals surface area contributed by atoms with E-state index in [-0.39, 0.29) is 0 Å². The number of ether oxygens (including phenoxy) is 2. The predicted molar refractivity (Wildman–Crippen MR) is 102 cm³/mol. The summed E-state index contributed by atoms with van der Waals surface area (Å²) in [6, 6.07) is 8.68. The Balaban J connectivity index is 1.72. The molecule has 2 aromatic rings. The van der Waals surface area contributed by atoms with Gasteiger partial charge >= 0.3 is 0 Å². The molecule has 1 aliphatic rings. The molecule has 0 aliphatic carbocycles. The molecule has 142 valence electrons. The second-order valence-electron chi connectivity index (χ2n) is 7.27. The van der Waals surface area contributed by atoms with E-state index in [4.69, 9.17) is 14.0 Å². The van der Waals surface area contributed by atoms with Gasteiger partial charge in [-0.1, -0.05) is 32.0 Å². The van der Waals surface area contributed by atoms with Crippen molar-refractivity contribution in [2.45, 2.75) is 58.5 Å². The summed E-state index contributed by atoms with van der Waals surface area (Å²) in [5, 5.41) is 4.33. The van der Waals surface area contributed by atoms with E-state index < -0.39 is 0 Å². The highest BCUT2D eigenvalue weighted by molar-refractivity contribution is 5.43. The molecule has 2 heterocycles. The van der Waals surface area contributed by atoms with Crippen LogP contribution in [-0.4, -0.2) is 30.3 Å². The van der Waals surface area contributed by atoms with Crippen LogP contribution >= 0.6 is 0 Å². The van der Waals surface area contributed by atoms with Crippen LogP contribution in [0.4, 0.5) is 0 Å². The van der Waals surface area contributed by atoms with Crippen molar-refractivity contribution in [3.63, 3.8) is 0 Å². The van der Waals surface area contributed by atoms with Crippen molar-refractivity contribution in [3.8, 4) is 11.5 Å². The minimum Gasteiger partial charge on any atom is -0.493 e. The van der Waals surface area contributed by atoms with Crippen LogP contribution < -0.4 is 9.47 Å². The van der Waals surface area contributed by atoms with Crippen molar-refractivity contribution >= 4 is 0 Å². The summed E-state index contributed by atoms with van der Waals surface area (Å²) in [5.41, 5.74) is 2.28. The first-order chi connectivity index (χ1) is 12.6. The van der Waals surface area contributed by atoms with Crippen LogP contribution in [-0.2, 0) is 6.54 Å². The van der Waals surface area contributed by atoms with E-state index in [9.17, 15) is 0 Å². The average molecular weight is 358 g/mol. The zero-order valence-corrected chi connectivity index (χ0v) is 16.3. The van der Waals surface area contributed by atoms with Crippen molar-refractivity contribution in [3.05, 3.63) is 41.3 Å². The Kier molecular flexibility index (Phi) is 6.20. The summed E-state index contributed by atoms with van der Waals surface area (Å²) in [6.45, 7) is 9.01. The smallest absolute Gasteiger partial charge is 0.161 e. The normalized spacial score (nSPS) is 17.8. The second kappa shape index (κ2) is 8.58. The van der Waals surface area contributed by atoms with Gasteiger partial charge in [-0.25, -0.2) is 0 Å². The molecule has 3 rings (SSSR count). The lowest BCUT2D eigenvalue weighted by Crippen LogP contribution is -2.23. The Hall–Kier alpha value is -2.01. The molecule has 5 heteroatoms. The molecule has 0 saturated carbocycles. The molecular weight excluding hydrogens is 328 g/mol. The fourth-order valence-corrected chi connectivity index (χ4v) is 3.46. The molecular formula is C21H30N2O3. The maximum absolute atomic E-state index is 5.76. The highest BCUT2D eigenvalue weighted by atomic mass is 16.5. The molecule has 1 aromatic heterocycles. The largest absolute Gasteiger partial charge is 0.493 e. The number of hydrogen-bond acceptors (Lipinski definition) is 5. The summed E-state index contributed by atoms with van der Waals surface area (Å²) >= 11 is 0. The van der Waals surface area contributed by atoms with E-state index in [1.165, 1.54) is 12.0 Å². The van der Waals surface area contributed by atoms with E-state index in [0.29, 0.717) is 18.6 Å². The van der Waals surface area contributed by atoms with E-state index in [0.717, 1.165) is 48.9 Å². The average Bonchev–Trinajstić information content (AvgIpc) is 3.29. The quantitative estimate of drug-likeness (QED) is 0.669. The third kappa shape index (κ3) is 4.21. The Morgan fingerprint density at radius 1 is 1.27 bits per heavy atom. The Labute approximate surface area is 156 Å². The minimum atomic E-state index is 0.327. The highest BCUT2D eigenvalue weighted by Crippen LogP contribution is 2.35. The fraction of sp³-hybridized carbons (Fsp3) is 0.571. The van der Waals surface area contributed by atoms with Gasteiger partial charge in [0, 0.05) is 18.5 Å². The van der Waals surface area contributed by atoms with E-state index >= 15 is 0 Å². The number of likely N-dealkylation sites (tertiary alicyclic amines) is 1. The topological polar surface area (TPSA) is 47.7 Å². The number of nitrogens with zero attached hydrogens (tertiary/aromatic N) is 2. The lowest BCUT2D eigenvalue weighted by Gasteiger charge is -2.23. The van der Waals surface area contributed by atoms with Gasteiger partial charge in [0.05, 0.1) is 19.8 Å². The molecule has 1 aromatic carbocycles. The number of rotatable bonds is 8. The first-order valence-corrected chi connectivity index (χ1v) is 9.62. The first kappa shape index (κ1) is 18.8. The van der Waals surface area contributed by atoms with Gasteiger partial charge in [-0.2, -0.15) is 0 Å². The fourth-order valence-electron chi connectivity index (χ4n) is 3.46. The first-order valence-electron chi connectivity index (χ1n) is 9.62. The Bertz CT molecular complexity index is 711. The van der Waals surface area contributed by atoms with Gasteiger partial charge in [0.25, 0.3) is 0 Å². The molecule has 5 nitrogen and oxygen atoms in total. The van der Waals surface area contributed by atoms with Crippen molar-refractivity contribution < 1.29 is 14.0 Å². The molecule has 0 radical (unpaired) electrons. The third-order valence-corrected chi connectivity index (χ3v) is 4.90. The maximum atomic E-state index is 5.76. The molecule has 1 fully saturated rings. The molecule has 1 aliphatic heterocycles. The van der Waals surface area contributed by atoms with Crippen molar-refractivity contribution in [2.75, 3.05) is 20.3 Å². The molecule has 26 heavy (non-hydrogen) atoms. The van der Waals surface area contributed by atoms with Gasteiger partial charge in [-0.15, -0.1) is 0 Å². The second-order valence-corrected chi connectivity index (χ2v) is 7.27. The van der Waals surface area contributed by atoms with Gasteiger partial charge < -0.3 is 14.0 Å². The Morgan fingerprint density at radius 3 is 2.81 bits per heavy atom. The SMILES string of the molecule is CCCOc1ccc(CN2CCC[C@@H]2c2cc(C(C)C)on2)cc1OC. The third-order valence-electron chi connectivity index (χ3n) is 4.90. The molecule has 1 atom stereocenters. The maximum Gasteiger partial charge on any atom is 0.161 e. The van der Waals surface area contributed by atoms with Crippen LogP contribution in [0.15, 0.2) is 28.8 Å². The van der Waals surface area contributed by atoms with Crippen LogP contribution in [0.25, 0.3) is 0 Å². The van der Waals surface area contributed by atoms with Crippen LogP contribution in [0.3, 0.4) is 0 Å². The number of benzene rings is 1. The lowest BCUT2D eigenvalue weighted by atomic mass is 10.1. The van der Waals surface area contributed by atoms with Crippen LogP contribution in [0, 0.1) is 0 Å². The zero-order valence-electron chi connectivity index (χ0n) is 16.3. The van der Waals surface area contributed by atoms with Gasteiger partial charge in [-0.3, -0.25) is 4.90 Å². The lowest BCUT2D eigenvalue weighted by molar-refractivity contribution is 0.235. The van der Waals surface area contributed by atoms with Crippen LogP contribution in [0.1, 0.15) is 69.0 Å². The van der Waals surface area contributed by atoms with E-state index in [1.54, 1.807) is 7.11 Å². The van der Waals surface area contributed by atoms with Gasteiger partial charge in [0.1, 0.15) is 11.5 Å². The summed E-state index contributed by atoms with van der Waals surface area (Å²) < 4.78 is 16.8. The monoisotopic (exact) mass is 358 g/mol. The van der Waals surface area contributed by atoms with Crippen LogP contribution in [0.2, 0.25) is 0 Å². The number of hydrogen-bond donors (Lipinski definition) is 0. The van der Waals surface area contributed by atoms with Crippen molar-refractivity contribution in [2.24, 2.45) is 0 Å². The molecule has 0 unspecified atom stereocenters. The van der Waals surface area contributed by atoms with Crippen molar-refractivity contribution in [1.29, 1.82) is 0 Å². The van der Waals surface area contributed by atoms with Gasteiger partial charge in [0.2, 0.25) is 0 Å². The van der Waals surface area contributed by atoms with E-state index in [2.05, 4.69) is 49.0 Å². The minimum absolute atomic E-state index is 0.327.